The average Bonchev–Trinajstić information content (AvgIpc) is 1.82. The fourth-order valence-electron chi connectivity index (χ4n) is 0.352. The van der Waals surface area contributed by atoms with Crippen molar-refractivity contribution in [1.82, 2.24) is 0 Å². The molecule has 0 heterocycles. The maximum atomic E-state index is 8.72. The van der Waals surface area contributed by atoms with E-state index in [4.69, 9.17) is 15.7 Å². The maximum absolute atomic E-state index is 8.72. The highest BCUT2D eigenvalue weighted by Crippen LogP contribution is 1.96. The number of azide groups is 1. The smallest absolute Gasteiger partial charge is 0.0861 e. The summed E-state index contributed by atoms with van der Waals surface area (Å²) in [6.07, 6.45) is -0.786. The van der Waals surface area contributed by atoms with Crippen LogP contribution in [0.2, 0.25) is 0 Å². The van der Waals surface area contributed by atoms with Crippen LogP contribution in [0.5, 0.6) is 0 Å². The molecule has 0 unspecified atom stereocenters. The monoisotopic (exact) mass is 131 g/mol. The highest BCUT2D eigenvalue weighted by atomic mass is 16.3. The third kappa shape index (κ3) is 2.92. The van der Waals surface area contributed by atoms with Gasteiger partial charge in [-0.2, -0.15) is 0 Å². The van der Waals surface area contributed by atoms with Gasteiger partial charge in [-0.25, -0.2) is 0 Å². The summed E-state index contributed by atoms with van der Waals surface area (Å²) in [5.74, 6) is 0. The number of hydrogen-bond donors (Lipinski definition) is 2. The highest BCUT2D eigenvalue weighted by molar-refractivity contribution is 4.70. The molecule has 0 aromatic carbocycles. The van der Waals surface area contributed by atoms with Crippen LogP contribution in [0, 0.1) is 0 Å². The third-order valence-electron chi connectivity index (χ3n) is 0.944. The van der Waals surface area contributed by atoms with E-state index < -0.39 is 12.1 Å². The molecule has 2 atom stereocenters. The van der Waals surface area contributed by atoms with Gasteiger partial charge in [0, 0.05) is 4.91 Å². The molecule has 5 nitrogen and oxygen atoms in total. The Kier molecular flexibility index (Phi) is 3.79. The maximum Gasteiger partial charge on any atom is 0.0861 e. The minimum Gasteiger partial charge on any atom is -0.396 e. The molecule has 0 saturated heterocycles. The molecule has 0 saturated carbocycles. The molecule has 0 spiro atoms. The van der Waals surface area contributed by atoms with Crippen LogP contribution in [0.3, 0.4) is 0 Å². The van der Waals surface area contributed by atoms with Gasteiger partial charge >= 0.3 is 0 Å². The molecule has 0 aliphatic rings. The van der Waals surface area contributed by atoms with E-state index in [1.807, 2.05) is 0 Å². The summed E-state index contributed by atoms with van der Waals surface area (Å²) in [6.45, 7) is 1.14. The molecule has 2 N–H and O–H groups in total. The van der Waals surface area contributed by atoms with Crippen molar-refractivity contribution in [2.45, 2.75) is 19.1 Å². The molecule has 0 amide bonds. The normalized spacial score (nSPS) is 15.9. The zero-order valence-corrected chi connectivity index (χ0v) is 5.10. The second-order valence-electron chi connectivity index (χ2n) is 1.70. The van der Waals surface area contributed by atoms with Gasteiger partial charge in [0.25, 0.3) is 0 Å². The predicted octanol–water partition coefficient (Wildman–Crippen LogP) is 0.0384. The number of aliphatic hydroxyl groups is 2. The Balaban J connectivity index is 3.82. The largest absolute Gasteiger partial charge is 0.396 e. The fraction of sp³-hybridized carbons (Fsp3) is 1.00. The lowest BCUT2D eigenvalue weighted by Gasteiger charge is -2.08. The Morgan fingerprint density at radius 1 is 1.78 bits per heavy atom. The Bertz CT molecular complexity index is 119. The van der Waals surface area contributed by atoms with Gasteiger partial charge in [0.2, 0.25) is 0 Å². The van der Waals surface area contributed by atoms with Crippen LogP contribution in [0.1, 0.15) is 6.92 Å². The second kappa shape index (κ2) is 4.14. The molecule has 5 heteroatoms. The summed E-state index contributed by atoms with van der Waals surface area (Å²) >= 11 is 0. The zero-order chi connectivity index (χ0) is 7.28. The first-order chi connectivity index (χ1) is 4.22. The molecule has 52 valence electrons. The van der Waals surface area contributed by atoms with E-state index in [9.17, 15) is 0 Å². The molecule has 0 radical (unpaired) electrons. The third-order valence-corrected chi connectivity index (χ3v) is 0.944. The minimum absolute atomic E-state index is 0.318. The van der Waals surface area contributed by atoms with Gasteiger partial charge in [-0.15, -0.1) is 0 Å². The van der Waals surface area contributed by atoms with Gasteiger partial charge in [-0.05, 0) is 12.5 Å². The Morgan fingerprint density at radius 3 is 2.44 bits per heavy atom. The SMILES string of the molecule is C[C@H](O)[C@H](CO)N=[N+]=[N-]. The van der Waals surface area contributed by atoms with Gasteiger partial charge in [0.05, 0.1) is 18.8 Å². The van der Waals surface area contributed by atoms with Crippen LogP contribution >= 0.6 is 0 Å². The van der Waals surface area contributed by atoms with E-state index in [2.05, 4.69) is 10.0 Å². The average molecular weight is 131 g/mol. The van der Waals surface area contributed by atoms with Crippen LogP contribution in [0.4, 0.5) is 0 Å². The summed E-state index contributed by atoms with van der Waals surface area (Å²) in [4.78, 5) is 2.43. The van der Waals surface area contributed by atoms with Crippen molar-refractivity contribution in [3.05, 3.63) is 10.4 Å². The summed E-state index contributed by atoms with van der Waals surface area (Å²) < 4.78 is 0. The molecule has 0 aliphatic heterocycles. The van der Waals surface area contributed by atoms with Crippen molar-refractivity contribution < 1.29 is 10.2 Å². The van der Waals surface area contributed by atoms with E-state index in [0.29, 0.717) is 0 Å². The van der Waals surface area contributed by atoms with Crippen LogP contribution in [0.15, 0.2) is 5.11 Å². The first-order valence-electron chi connectivity index (χ1n) is 2.55. The fourth-order valence-corrected chi connectivity index (χ4v) is 0.352. The lowest BCUT2D eigenvalue weighted by atomic mass is 10.2. The summed E-state index contributed by atoms with van der Waals surface area (Å²) in [7, 11) is 0. The summed E-state index contributed by atoms with van der Waals surface area (Å²) in [5.41, 5.74) is 7.85. The van der Waals surface area contributed by atoms with E-state index in [-0.39, 0.29) is 6.61 Å². The van der Waals surface area contributed by atoms with E-state index in [1.165, 1.54) is 6.92 Å². The lowest BCUT2D eigenvalue weighted by molar-refractivity contribution is 0.124. The number of rotatable bonds is 3. The van der Waals surface area contributed by atoms with Gasteiger partial charge < -0.3 is 10.2 Å². The number of hydrogen-bond acceptors (Lipinski definition) is 3. The van der Waals surface area contributed by atoms with Crippen molar-refractivity contribution in [3.63, 3.8) is 0 Å². The van der Waals surface area contributed by atoms with Crippen molar-refractivity contribution in [2.75, 3.05) is 6.61 Å². The quantitative estimate of drug-likeness (QED) is 0.321. The standard InChI is InChI=1S/C4H9N3O2/c1-3(9)4(2-8)6-7-5/h3-4,8-9H,2H2,1H3/t3-,4-/m0/s1. The second-order valence-corrected chi connectivity index (χ2v) is 1.70. The van der Waals surface area contributed by atoms with Crippen molar-refractivity contribution in [2.24, 2.45) is 5.11 Å². The Hall–Kier alpha value is -0.770. The number of aliphatic hydroxyl groups excluding tert-OH is 2. The van der Waals surface area contributed by atoms with Crippen LogP contribution in [-0.2, 0) is 0 Å². The van der Waals surface area contributed by atoms with Gasteiger partial charge in [-0.1, -0.05) is 5.11 Å². The van der Waals surface area contributed by atoms with Gasteiger partial charge in [-0.3, -0.25) is 0 Å². The van der Waals surface area contributed by atoms with E-state index >= 15 is 0 Å². The van der Waals surface area contributed by atoms with Crippen LogP contribution in [0.25, 0.3) is 10.4 Å². The highest BCUT2D eigenvalue weighted by Gasteiger charge is 2.09. The van der Waals surface area contributed by atoms with Crippen molar-refractivity contribution in [1.29, 1.82) is 0 Å². The van der Waals surface area contributed by atoms with Crippen molar-refractivity contribution >= 4 is 0 Å². The lowest BCUT2D eigenvalue weighted by Crippen LogP contribution is -2.23. The van der Waals surface area contributed by atoms with Crippen LogP contribution < -0.4 is 0 Å². The van der Waals surface area contributed by atoms with E-state index in [0.717, 1.165) is 0 Å². The summed E-state index contributed by atoms with van der Waals surface area (Å²) in [5, 5.41) is 20.2. The molecule has 0 aliphatic carbocycles. The van der Waals surface area contributed by atoms with Gasteiger partial charge in [0.15, 0.2) is 0 Å². The topological polar surface area (TPSA) is 89.2 Å². The molecule has 0 bridgehead atoms. The first kappa shape index (κ1) is 8.23. The zero-order valence-electron chi connectivity index (χ0n) is 5.10. The Morgan fingerprint density at radius 2 is 2.33 bits per heavy atom. The molecule has 0 aromatic heterocycles. The van der Waals surface area contributed by atoms with Gasteiger partial charge in [0.1, 0.15) is 0 Å². The first-order valence-corrected chi connectivity index (χ1v) is 2.55. The molecule has 9 heavy (non-hydrogen) atoms. The predicted molar refractivity (Wildman–Crippen MR) is 31.7 cm³/mol. The Labute approximate surface area is 52.6 Å². The van der Waals surface area contributed by atoms with Crippen LogP contribution in [-0.4, -0.2) is 29.0 Å². The summed E-state index contributed by atoms with van der Waals surface area (Å²) in [6, 6.07) is -0.713. The van der Waals surface area contributed by atoms with E-state index in [1.54, 1.807) is 0 Å². The van der Waals surface area contributed by atoms with Crippen molar-refractivity contribution in [3.8, 4) is 0 Å². The molecule has 0 fully saturated rings. The molecule has 0 aromatic rings. The molecule has 0 rings (SSSR count). The number of nitrogens with zero attached hydrogens (tertiary/aromatic N) is 3. The molecular weight excluding hydrogens is 122 g/mol. The minimum atomic E-state index is -0.786. The molecular formula is C4H9N3O2.